The summed E-state index contributed by atoms with van der Waals surface area (Å²) < 4.78 is 0. The Hall–Kier alpha value is -1.96. The van der Waals surface area contributed by atoms with E-state index in [4.69, 9.17) is 0 Å². The lowest BCUT2D eigenvalue weighted by molar-refractivity contribution is 0.409. The number of benzene rings is 2. The first-order chi connectivity index (χ1) is 11.1. The van der Waals surface area contributed by atoms with E-state index in [1.165, 1.54) is 11.1 Å². The first-order valence-corrected chi connectivity index (χ1v) is 8.80. The molecule has 24 heavy (non-hydrogen) atoms. The maximum Gasteiger partial charge on any atom is 0.120 e. The second kappa shape index (κ2) is 5.54. The third-order valence-corrected chi connectivity index (χ3v) is 5.38. The van der Waals surface area contributed by atoms with Crippen LogP contribution >= 0.6 is 0 Å². The Balaban J connectivity index is 2.20. The van der Waals surface area contributed by atoms with Crippen LogP contribution in [0.25, 0.3) is 0 Å². The molecule has 2 N–H and O–H groups in total. The van der Waals surface area contributed by atoms with E-state index in [0.29, 0.717) is 11.7 Å². The van der Waals surface area contributed by atoms with Crippen molar-refractivity contribution < 1.29 is 10.2 Å². The number of phenolic OH excluding ortho intramolecular Hbond substituents is 2. The molecule has 2 heteroatoms. The van der Waals surface area contributed by atoms with Gasteiger partial charge in [-0.1, -0.05) is 52.8 Å². The zero-order chi connectivity index (χ0) is 17.7. The van der Waals surface area contributed by atoms with E-state index in [1.54, 1.807) is 6.07 Å². The van der Waals surface area contributed by atoms with Crippen molar-refractivity contribution in [1.29, 1.82) is 0 Å². The summed E-state index contributed by atoms with van der Waals surface area (Å²) in [5.74, 6) is 1.22. The van der Waals surface area contributed by atoms with E-state index in [9.17, 15) is 10.2 Å². The van der Waals surface area contributed by atoms with Gasteiger partial charge >= 0.3 is 0 Å². The number of phenols is 2. The molecule has 0 radical (unpaired) electrons. The molecule has 0 heterocycles. The summed E-state index contributed by atoms with van der Waals surface area (Å²) in [6, 6.07) is 11.7. The van der Waals surface area contributed by atoms with E-state index in [1.807, 2.05) is 24.3 Å². The van der Waals surface area contributed by atoms with Crippen LogP contribution in [0.5, 0.6) is 11.5 Å². The number of hydrogen-bond acceptors (Lipinski definition) is 2. The maximum atomic E-state index is 10.9. The molecule has 1 atom stereocenters. The van der Waals surface area contributed by atoms with Crippen LogP contribution in [0.2, 0.25) is 0 Å². The number of aromatic hydroxyl groups is 2. The average molecular weight is 324 g/mol. The predicted molar refractivity (Wildman–Crippen MR) is 98.9 cm³/mol. The monoisotopic (exact) mass is 324 g/mol. The van der Waals surface area contributed by atoms with Gasteiger partial charge in [0.2, 0.25) is 0 Å². The minimum Gasteiger partial charge on any atom is -0.508 e. The fourth-order valence-corrected chi connectivity index (χ4v) is 4.55. The van der Waals surface area contributed by atoms with Crippen LogP contribution < -0.4 is 0 Å². The summed E-state index contributed by atoms with van der Waals surface area (Å²) in [6.45, 7) is 11.1. The summed E-state index contributed by atoms with van der Waals surface area (Å²) in [6.07, 6.45) is 1.89. The lowest BCUT2D eigenvalue weighted by Crippen LogP contribution is -2.23. The van der Waals surface area contributed by atoms with Crippen LogP contribution in [-0.4, -0.2) is 10.2 Å². The highest BCUT2D eigenvalue weighted by Gasteiger charge is 2.47. The minimum absolute atomic E-state index is 0.0139. The van der Waals surface area contributed by atoms with E-state index in [2.05, 4.69) is 40.7 Å². The summed E-state index contributed by atoms with van der Waals surface area (Å²) in [5, 5.41) is 20.8. The first-order valence-electron chi connectivity index (χ1n) is 8.80. The Morgan fingerprint density at radius 2 is 1.75 bits per heavy atom. The van der Waals surface area contributed by atoms with E-state index < -0.39 is 0 Å². The fraction of sp³-hybridized carbons (Fsp3) is 0.455. The molecule has 0 aliphatic heterocycles. The predicted octanol–water partition coefficient (Wildman–Crippen LogP) is 5.28. The zero-order valence-corrected chi connectivity index (χ0v) is 15.4. The molecule has 2 aromatic carbocycles. The largest absolute Gasteiger partial charge is 0.508 e. The standard InChI is InChI=1S/C22H28O2/c1-14(2)9-15-10-18-20(19(24)11-15)22(5,13-21(18,3)4)16-7-6-8-17(23)12-16/h6-8,10-12,14,23-24H,9,13H2,1-5H3. The highest BCUT2D eigenvalue weighted by atomic mass is 16.3. The van der Waals surface area contributed by atoms with Gasteiger partial charge in [-0.05, 0) is 59.1 Å². The van der Waals surface area contributed by atoms with Crippen LogP contribution in [-0.2, 0) is 17.3 Å². The Kier molecular flexibility index (Phi) is 3.90. The summed E-state index contributed by atoms with van der Waals surface area (Å²) >= 11 is 0. The van der Waals surface area contributed by atoms with Crippen molar-refractivity contribution in [2.45, 2.75) is 58.3 Å². The molecule has 0 fully saturated rings. The fourth-order valence-electron chi connectivity index (χ4n) is 4.55. The molecular formula is C22H28O2. The van der Waals surface area contributed by atoms with Gasteiger partial charge < -0.3 is 10.2 Å². The van der Waals surface area contributed by atoms with Gasteiger partial charge in [0.1, 0.15) is 11.5 Å². The van der Waals surface area contributed by atoms with Gasteiger partial charge in [0.15, 0.2) is 0 Å². The summed E-state index contributed by atoms with van der Waals surface area (Å²) in [5.41, 5.74) is 4.21. The third-order valence-electron chi connectivity index (χ3n) is 5.38. The molecule has 1 aliphatic rings. The van der Waals surface area contributed by atoms with Gasteiger partial charge in [0, 0.05) is 11.0 Å². The number of hydrogen-bond donors (Lipinski definition) is 2. The van der Waals surface area contributed by atoms with Crippen molar-refractivity contribution in [1.82, 2.24) is 0 Å². The van der Waals surface area contributed by atoms with Gasteiger partial charge in [-0.2, -0.15) is 0 Å². The lowest BCUT2D eigenvalue weighted by atomic mass is 9.75. The van der Waals surface area contributed by atoms with Crippen LogP contribution in [0.3, 0.4) is 0 Å². The Morgan fingerprint density at radius 1 is 1.04 bits per heavy atom. The van der Waals surface area contributed by atoms with Crippen molar-refractivity contribution in [3.8, 4) is 11.5 Å². The molecule has 2 nitrogen and oxygen atoms in total. The SMILES string of the molecule is CC(C)Cc1cc(O)c2c(c1)C(C)(C)CC2(C)c1cccc(O)c1. The van der Waals surface area contributed by atoms with Crippen molar-refractivity contribution in [2.24, 2.45) is 5.92 Å². The van der Waals surface area contributed by atoms with Crippen LogP contribution in [0, 0.1) is 5.92 Å². The smallest absolute Gasteiger partial charge is 0.120 e. The van der Waals surface area contributed by atoms with E-state index in [0.717, 1.165) is 24.0 Å². The quantitative estimate of drug-likeness (QED) is 0.806. The molecule has 0 saturated carbocycles. The molecule has 0 aromatic heterocycles. The highest BCUT2D eigenvalue weighted by molar-refractivity contribution is 5.59. The van der Waals surface area contributed by atoms with Crippen molar-refractivity contribution in [3.63, 3.8) is 0 Å². The van der Waals surface area contributed by atoms with Crippen LogP contribution in [0.1, 0.15) is 63.3 Å². The molecule has 0 bridgehead atoms. The minimum atomic E-state index is -0.294. The van der Waals surface area contributed by atoms with Crippen LogP contribution in [0.15, 0.2) is 36.4 Å². The van der Waals surface area contributed by atoms with Gasteiger partial charge in [-0.3, -0.25) is 0 Å². The van der Waals surface area contributed by atoms with E-state index in [-0.39, 0.29) is 16.6 Å². The number of rotatable bonds is 3. The van der Waals surface area contributed by atoms with Crippen molar-refractivity contribution in [3.05, 3.63) is 58.7 Å². The molecule has 1 unspecified atom stereocenters. The van der Waals surface area contributed by atoms with Crippen LogP contribution in [0.4, 0.5) is 0 Å². The molecular weight excluding hydrogens is 296 g/mol. The summed E-state index contributed by atoms with van der Waals surface area (Å²) in [4.78, 5) is 0. The number of fused-ring (bicyclic) bond motifs is 1. The third kappa shape index (κ3) is 2.68. The molecule has 3 rings (SSSR count). The zero-order valence-electron chi connectivity index (χ0n) is 15.4. The Labute approximate surface area is 145 Å². The topological polar surface area (TPSA) is 40.5 Å². The molecule has 2 aromatic rings. The second-order valence-electron chi connectivity index (χ2n) is 8.58. The molecule has 128 valence electrons. The molecule has 0 spiro atoms. The Morgan fingerprint density at radius 3 is 2.38 bits per heavy atom. The molecule has 0 saturated heterocycles. The van der Waals surface area contributed by atoms with Crippen molar-refractivity contribution in [2.75, 3.05) is 0 Å². The Bertz CT molecular complexity index is 774. The average Bonchev–Trinajstić information content (AvgIpc) is 2.66. The van der Waals surface area contributed by atoms with Gasteiger partial charge in [-0.25, -0.2) is 0 Å². The molecule has 1 aliphatic carbocycles. The second-order valence-corrected chi connectivity index (χ2v) is 8.58. The van der Waals surface area contributed by atoms with Gasteiger partial charge in [0.25, 0.3) is 0 Å². The first kappa shape index (κ1) is 16.9. The normalized spacial score (nSPS) is 21.9. The van der Waals surface area contributed by atoms with Gasteiger partial charge in [-0.15, -0.1) is 0 Å². The van der Waals surface area contributed by atoms with Crippen molar-refractivity contribution >= 4 is 0 Å². The summed E-state index contributed by atoms with van der Waals surface area (Å²) in [7, 11) is 0. The van der Waals surface area contributed by atoms with E-state index >= 15 is 0 Å². The molecule has 0 amide bonds. The van der Waals surface area contributed by atoms with Gasteiger partial charge in [0.05, 0.1) is 0 Å². The lowest BCUT2D eigenvalue weighted by Gasteiger charge is -2.28. The maximum absolute atomic E-state index is 10.9. The highest BCUT2D eigenvalue weighted by Crippen LogP contribution is 2.56.